The van der Waals surface area contributed by atoms with Crippen molar-refractivity contribution in [2.75, 3.05) is 19.4 Å². The Balaban J connectivity index is 4.48. The molecule has 0 aromatic carbocycles. The Kier molecular flexibility index (Phi) is 6.11. The molecule has 0 radical (unpaired) electrons. The van der Waals surface area contributed by atoms with Gasteiger partial charge >= 0.3 is 11.9 Å². The van der Waals surface area contributed by atoms with Crippen LogP contribution < -0.4 is 0 Å². The molecule has 0 rings (SSSR count). The zero-order valence-corrected chi connectivity index (χ0v) is 10.9. The summed E-state index contributed by atoms with van der Waals surface area (Å²) in [6.45, 7) is 3.05. The Morgan fingerprint density at radius 2 is 1.94 bits per heavy atom. The molecule has 0 aromatic rings. The number of likely N-dealkylation sites (N-methyl/N-ethyl adjacent to an activating group) is 1. The van der Waals surface area contributed by atoms with Crippen molar-refractivity contribution in [3.63, 3.8) is 0 Å². The van der Waals surface area contributed by atoms with Crippen molar-refractivity contribution in [3.8, 4) is 0 Å². The lowest BCUT2D eigenvalue weighted by atomic mass is 10.4. The molecule has 0 aliphatic rings. The van der Waals surface area contributed by atoms with E-state index in [1.807, 2.05) is 0 Å². The fourth-order valence-electron chi connectivity index (χ4n) is 0.986. The summed E-state index contributed by atoms with van der Waals surface area (Å²) in [5.41, 5.74) is 0. The van der Waals surface area contributed by atoms with Crippen LogP contribution in [-0.4, -0.2) is 55.2 Å². The number of aliphatic carboxylic acids is 1. The van der Waals surface area contributed by atoms with Gasteiger partial charge in [-0.15, -0.1) is 0 Å². The minimum absolute atomic E-state index is 0.181. The number of sulfonamides is 1. The third-order valence-electron chi connectivity index (χ3n) is 2.21. The summed E-state index contributed by atoms with van der Waals surface area (Å²) in [6.07, 6.45) is -0.285. The van der Waals surface area contributed by atoms with Gasteiger partial charge in [0.05, 0.1) is 18.8 Å². The summed E-state index contributed by atoms with van der Waals surface area (Å²) < 4.78 is 28.6. The van der Waals surface area contributed by atoms with Crippen LogP contribution in [0.1, 0.15) is 20.3 Å². The molecule has 0 heterocycles. The molecule has 0 aliphatic carbocycles. The molecule has 0 saturated carbocycles. The fourth-order valence-corrected chi connectivity index (χ4v) is 2.27. The lowest BCUT2D eigenvalue weighted by Crippen LogP contribution is -2.41. The number of carboxylic acid groups (broad SMARTS) is 1. The predicted octanol–water partition coefficient (Wildman–Crippen LogP) is -0.326. The molecule has 0 amide bonds. The highest BCUT2D eigenvalue weighted by Gasteiger charge is 2.28. The first-order valence-electron chi connectivity index (χ1n) is 5.06. The molecule has 100 valence electrons. The zero-order chi connectivity index (χ0) is 13.6. The summed E-state index contributed by atoms with van der Waals surface area (Å²) in [5.74, 6) is -2.32. The zero-order valence-electron chi connectivity index (χ0n) is 10.0. The molecule has 1 unspecified atom stereocenters. The van der Waals surface area contributed by atoms with E-state index in [-0.39, 0.29) is 13.0 Å². The van der Waals surface area contributed by atoms with E-state index in [0.717, 1.165) is 4.31 Å². The van der Waals surface area contributed by atoms with Gasteiger partial charge in [-0.2, -0.15) is 4.31 Å². The molecule has 1 atom stereocenters. The van der Waals surface area contributed by atoms with E-state index in [1.54, 1.807) is 6.92 Å². The highest BCUT2D eigenvalue weighted by atomic mass is 32.2. The first kappa shape index (κ1) is 15.9. The van der Waals surface area contributed by atoms with Crippen molar-refractivity contribution < 1.29 is 27.9 Å². The number of esters is 1. The van der Waals surface area contributed by atoms with Crippen molar-refractivity contribution in [1.29, 1.82) is 0 Å². The lowest BCUT2D eigenvalue weighted by Gasteiger charge is -2.20. The van der Waals surface area contributed by atoms with Gasteiger partial charge in [0.1, 0.15) is 6.04 Å². The largest absolute Gasteiger partial charge is 0.480 e. The lowest BCUT2D eigenvalue weighted by molar-refractivity contribution is -0.142. The maximum absolute atomic E-state index is 11.6. The normalized spacial score (nSPS) is 13.4. The van der Waals surface area contributed by atoms with Crippen LogP contribution in [0.5, 0.6) is 0 Å². The van der Waals surface area contributed by atoms with Gasteiger partial charge in [-0.3, -0.25) is 9.59 Å². The average molecular weight is 267 g/mol. The van der Waals surface area contributed by atoms with Gasteiger partial charge in [-0.1, -0.05) is 0 Å². The Hall–Kier alpha value is -1.15. The third-order valence-corrected chi connectivity index (χ3v) is 4.12. The monoisotopic (exact) mass is 267 g/mol. The van der Waals surface area contributed by atoms with Gasteiger partial charge in [0.2, 0.25) is 10.0 Å². The maximum atomic E-state index is 11.6. The van der Waals surface area contributed by atoms with Crippen molar-refractivity contribution in [1.82, 2.24) is 4.31 Å². The molecule has 0 bridgehead atoms. The number of carboxylic acids is 1. The number of hydrogen-bond acceptors (Lipinski definition) is 5. The number of nitrogens with zero attached hydrogens (tertiary/aromatic N) is 1. The molecule has 0 spiro atoms. The maximum Gasteiger partial charge on any atom is 0.321 e. The molecule has 1 N–H and O–H groups in total. The Labute approximate surface area is 100 Å². The molecule has 7 nitrogen and oxygen atoms in total. The highest BCUT2D eigenvalue weighted by Crippen LogP contribution is 2.06. The summed E-state index contributed by atoms with van der Waals surface area (Å²) in [4.78, 5) is 21.6. The van der Waals surface area contributed by atoms with E-state index < -0.39 is 33.8 Å². The van der Waals surface area contributed by atoms with Crippen molar-refractivity contribution in [2.45, 2.75) is 26.3 Å². The van der Waals surface area contributed by atoms with E-state index in [0.29, 0.717) is 0 Å². The SMILES string of the molecule is CCOC(=O)CCS(=O)(=O)N(C)C(C)C(=O)O. The molecule has 0 saturated heterocycles. The van der Waals surface area contributed by atoms with Crippen LogP contribution in [0.2, 0.25) is 0 Å². The van der Waals surface area contributed by atoms with Gasteiger partial charge in [0.25, 0.3) is 0 Å². The second-order valence-corrected chi connectivity index (χ2v) is 5.55. The van der Waals surface area contributed by atoms with Gasteiger partial charge in [-0.05, 0) is 13.8 Å². The molecule has 0 aliphatic heterocycles. The van der Waals surface area contributed by atoms with Crippen molar-refractivity contribution in [3.05, 3.63) is 0 Å². The third kappa shape index (κ3) is 5.14. The molecule has 0 fully saturated rings. The van der Waals surface area contributed by atoms with E-state index >= 15 is 0 Å². The van der Waals surface area contributed by atoms with Gasteiger partial charge in [-0.25, -0.2) is 8.42 Å². The second kappa shape index (κ2) is 6.55. The van der Waals surface area contributed by atoms with E-state index in [4.69, 9.17) is 5.11 Å². The van der Waals surface area contributed by atoms with Crippen molar-refractivity contribution >= 4 is 22.0 Å². The minimum atomic E-state index is -3.77. The molecule has 0 aromatic heterocycles. The molecule has 8 heteroatoms. The summed E-state index contributed by atoms with van der Waals surface area (Å²) in [7, 11) is -2.60. The number of carbonyl (C=O) groups excluding carboxylic acids is 1. The smallest absolute Gasteiger partial charge is 0.321 e. The fraction of sp³-hybridized carbons (Fsp3) is 0.778. The second-order valence-electron chi connectivity index (χ2n) is 3.40. The van der Waals surface area contributed by atoms with E-state index in [2.05, 4.69) is 4.74 Å². The number of carbonyl (C=O) groups is 2. The summed E-state index contributed by atoms with van der Waals surface area (Å²) >= 11 is 0. The van der Waals surface area contributed by atoms with Gasteiger partial charge in [0, 0.05) is 7.05 Å². The Morgan fingerprint density at radius 1 is 1.41 bits per heavy atom. The van der Waals surface area contributed by atoms with Crippen LogP contribution in [0, 0.1) is 0 Å². The number of ether oxygens (including phenoxy) is 1. The minimum Gasteiger partial charge on any atom is -0.480 e. The standard InChI is InChI=1S/C9H17NO6S/c1-4-16-8(11)5-6-17(14,15)10(3)7(2)9(12)13/h7H,4-6H2,1-3H3,(H,12,13). The molecule has 17 heavy (non-hydrogen) atoms. The van der Waals surface area contributed by atoms with Crippen LogP contribution in [0.3, 0.4) is 0 Å². The summed E-state index contributed by atoms with van der Waals surface area (Å²) in [5, 5.41) is 8.68. The predicted molar refractivity (Wildman–Crippen MR) is 59.9 cm³/mol. The Morgan fingerprint density at radius 3 is 2.35 bits per heavy atom. The molecular formula is C9H17NO6S. The van der Waals surface area contributed by atoms with Crippen LogP contribution in [0.25, 0.3) is 0 Å². The quantitative estimate of drug-likeness (QED) is 0.634. The highest BCUT2D eigenvalue weighted by molar-refractivity contribution is 7.89. The molecular weight excluding hydrogens is 250 g/mol. The number of rotatable bonds is 7. The van der Waals surface area contributed by atoms with Crippen LogP contribution in [-0.2, 0) is 24.3 Å². The average Bonchev–Trinajstić information content (AvgIpc) is 2.24. The van der Waals surface area contributed by atoms with Crippen LogP contribution >= 0.6 is 0 Å². The van der Waals surface area contributed by atoms with Crippen LogP contribution in [0.15, 0.2) is 0 Å². The first-order valence-corrected chi connectivity index (χ1v) is 6.67. The topological polar surface area (TPSA) is 101 Å². The van der Waals surface area contributed by atoms with Crippen LogP contribution in [0.4, 0.5) is 0 Å². The van der Waals surface area contributed by atoms with Gasteiger partial charge < -0.3 is 9.84 Å². The first-order chi connectivity index (χ1) is 7.72. The Bertz CT molecular complexity index is 377. The van der Waals surface area contributed by atoms with Crippen molar-refractivity contribution in [2.24, 2.45) is 0 Å². The van der Waals surface area contributed by atoms with E-state index in [9.17, 15) is 18.0 Å². The van der Waals surface area contributed by atoms with E-state index in [1.165, 1.54) is 14.0 Å². The number of hydrogen-bond donors (Lipinski definition) is 1. The summed E-state index contributed by atoms with van der Waals surface area (Å²) in [6, 6.07) is -1.16. The van der Waals surface area contributed by atoms with Gasteiger partial charge in [0.15, 0.2) is 0 Å².